The lowest BCUT2D eigenvalue weighted by Gasteiger charge is -2.13. The summed E-state index contributed by atoms with van der Waals surface area (Å²) in [6.45, 7) is 1.86. The number of carbonyl (C=O) groups is 2. The molecule has 9 heteroatoms. The van der Waals surface area contributed by atoms with Gasteiger partial charge in [0.05, 0.1) is 25.8 Å². The Balaban J connectivity index is 1.50. The summed E-state index contributed by atoms with van der Waals surface area (Å²) in [7, 11) is 3.05. The van der Waals surface area contributed by atoms with Crippen molar-refractivity contribution in [2.45, 2.75) is 25.7 Å². The highest BCUT2D eigenvalue weighted by Gasteiger charge is 2.33. The quantitative estimate of drug-likeness (QED) is 0.525. The van der Waals surface area contributed by atoms with Crippen LogP contribution in [-0.2, 0) is 11.2 Å². The van der Waals surface area contributed by atoms with Gasteiger partial charge < -0.3 is 14.8 Å². The largest absolute Gasteiger partial charge is 0.497 e. The van der Waals surface area contributed by atoms with E-state index in [0.29, 0.717) is 45.0 Å². The highest BCUT2D eigenvalue weighted by Crippen LogP contribution is 2.39. The molecular weight excluding hydrogens is 450 g/mol. The Kier molecular flexibility index (Phi) is 6.34. The van der Waals surface area contributed by atoms with Crippen LogP contribution in [0, 0.1) is 6.92 Å². The van der Waals surface area contributed by atoms with Crippen LogP contribution in [0.3, 0.4) is 0 Å². The second kappa shape index (κ2) is 9.18. The van der Waals surface area contributed by atoms with E-state index in [4.69, 9.17) is 21.1 Å². The lowest BCUT2D eigenvalue weighted by Crippen LogP contribution is -2.20. The van der Waals surface area contributed by atoms with Crippen molar-refractivity contribution in [3.8, 4) is 11.5 Å². The molecule has 1 aliphatic rings. The van der Waals surface area contributed by atoms with Gasteiger partial charge >= 0.3 is 0 Å². The summed E-state index contributed by atoms with van der Waals surface area (Å²) in [5, 5.41) is 6.84. The number of amides is 2. The van der Waals surface area contributed by atoms with Crippen LogP contribution in [-0.4, -0.2) is 31.0 Å². The van der Waals surface area contributed by atoms with Crippen LogP contribution in [0.1, 0.15) is 38.8 Å². The van der Waals surface area contributed by atoms with Gasteiger partial charge in [0.2, 0.25) is 5.91 Å². The van der Waals surface area contributed by atoms with Crippen LogP contribution in [0.25, 0.3) is 0 Å². The molecule has 0 bridgehead atoms. The van der Waals surface area contributed by atoms with Crippen LogP contribution in [0.4, 0.5) is 10.8 Å². The highest BCUT2D eigenvalue weighted by molar-refractivity contribution is 7.16. The van der Waals surface area contributed by atoms with E-state index < -0.39 is 0 Å². The molecule has 1 aromatic heterocycles. The van der Waals surface area contributed by atoms with Gasteiger partial charge in [0.1, 0.15) is 11.5 Å². The van der Waals surface area contributed by atoms with Crippen molar-refractivity contribution in [3.63, 3.8) is 0 Å². The SMILES string of the molecule is COc1cc(OC)cc(C(=O)Nc2nc3c(s2)CCC3C(=O)Nc2cccc(Cl)c2C)c1. The molecule has 2 aromatic carbocycles. The maximum Gasteiger partial charge on any atom is 0.257 e. The number of carbonyl (C=O) groups excluding carboxylic acids is 2. The van der Waals surface area contributed by atoms with Gasteiger partial charge in [-0.3, -0.25) is 14.9 Å². The van der Waals surface area contributed by atoms with E-state index in [-0.39, 0.29) is 17.7 Å². The van der Waals surface area contributed by atoms with Crippen LogP contribution in [0.5, 0.6) is 11.5 Å². The highest BCUT2D eigenvalue weighted by atomic mass is 35.5. The maximum absolute atomic E-state index is 12.9. The average Bonchev–Trinajstić information content (AvgIpc) is 3.36. The first-order valence-electron chi connectivity index (χ1n) is 9.99. The third-order valence-corrected chi connectivity index (χ3v) is 6.85. The van der Waals surface area contributed by atoms with Crippen molar-refractivity contribution in [2.24, 2.45) is 0 Å². The molecule has 4 rings (SSSR count). The molecule has 32 heavy (non-hydrogen) atoms. The number of anilines is 2. The first kappa shape index (κ1) is 22.1. The molecule has 1 atom stereocenters. The first-order chi connectivity index (χ1) is 15.4. The second-order valence-corrected chi connectivity index (χ2v) is 8.87. The average molecular weight is 472 g/mol. The number of hydrogen-bond donors (Lipinski definition) is 2. The fourth-order valence-electron chi connectivity index (χ4n) is 3.61. The van der Waals surface area contributed by atoms with Gasteiger partial charge in [-0.25, -0.2) is 4.98 Å². The monoisotopic (exact) mass is 471 g/mol. The zero-order valence-electron chi connectivity index (χ0n) is 17.8. The van der Waals surface area contributed by atoms with Gasteiger partial charge in [-0.05, 0) is 49.6 Å². The number of fused-ring (bicyclic) bond motifs is 1. The van der Waals surface area contributed by atoms with Gasteiger partial charge in [-0.15, -0.1) is 11.3 Å². The Morgan fingerprint density at radius 1 is 1.12 bits per heavy atom. The summed E-state index contributed by atoms with van der Waals surface area (Å²) in [5.74, 6) is 0.204. The summed E-state index contributed by atoms with van der Waals surface area (Å²) in [5.41, 5.74) is 2.61. The number of halogens is 1. The molecule has 0 radical (unpaired) electrons. The number of thiazole rings is 1. The third-order valence-electron chi connectivity index (χ3n) is 5.39. The Morgan fingerprint density at radius 2 is 1.84 bits per heavy atom. The van der Waals surface area contributed by atoms with Crippen LogP contribution >= 0.6 is 22.9 Å². The van der Waals surface area contributed by atoms with Gasteiger partial charge in [-0.1, -0.05) is 17.7 Å². The lowest BCUT2D eigenvalue weighted by atomic mass is 10.1. The fraction of sp³-hybridized carbons (Fsp3) is 0.261. The number of nitrogens with one attached hydrogen (secondary N) is 2. The molecule has 1 unspecified atom stereocenters. The number of aromatic nitrogens is 1. The first-order valence-corrected chi connectivity index (χ1v) is 11.2. The van der Waals surface area contributed by atoms with E-state index in [2.05, 4.69) is 15.6 Å². The van der Waals surface area contributed by atoms with Gasteiger partial charge in [0.15, 0.2) is 5.13 Å². The molecule has 7 nitrogen and oxygen atoms in total. The summed E-state index contributed by atoms with van der Waals surface area (Å²) in [6.07, 6.45) is 1.42. The molecule has 3 aromatic rings. The number of nitrogens with zero attached hydrogens (tertiary/aromatic N) is 1. The maximum atomic E-state index is 12.9. The number of methoxy groups -OCH3 is 2. The zero-order valence-corrected chi connectivity index (χ0v) is 19.4. The predicted molar refractivity (Wildman–Crippen MR) is 125 cm³/mol. The summed E-state index contributed by atoms with van der Waals surface area (Å²) < 4.78 is 10.5. The minimum Gasteiger partial charge on any atom is -0.497 e. The molecule has 1 heterocycles. The number of rotatable bonds is 6. The lowest BCUT2D eigenvalue weighted by molar-refractivity contribution is -0.117. The summed E-state index contributed by atoms with van der Waals surface area (Å²) >= 11 is 7.55. The standard InChI is InChI=1S/C23H22ClN3O4S/c1-12-17(24)5-4-6-18(12)25-22(29)16-7-8-19-20(16)26-23(32-19)27-21(28)13-9-14(30-2)11-15(10-13)31-3/h4-6,9-11,16H,7-8H2,1-3H3,(H,25,29)(H,26,27,28). The van der Waals surface area contributed by atoms with E-state index in [0.717, 1.165) is 16.9 Å². The molecule has 2 N–H and O–H groups in total. The van der Waals surface area contributed by atoms with E-state index >= 15 is 0 Å². The van der Waals surface area contributed by atoms with Gasteiger partial charge in [0, 0.05) is 27.2 Å². The van der Waals surface area contributed by atoms with E-state index in [9.17, 15) is 9.59 Å². The van der Waals surface area contributed by atoms with Crippen molar-refractivity contribution in [1.29, 1.82) is 0 Å². The van der Waals surface area contributed by atoms with E-state index in [1.165, 1.54) is 25.6 Å². The van der Waals surface area contributed by atoms with Crippen LogP contribution < -0.4 is 20.1 Å². The smallest absolute Gasteiger partial charge is 0.257 e. The van der Waals surface area contributed by atoms with Crippen molar-refractivity contribution in [2.75, 3.05) is 24.9 Å². The van der Waals surface area contributed by atoms with E-state index in [1.807, 2.05) is 13.0 Å². The zero-order chi connectivity index (χ0) is 22.8. The van der Waals surface area contributed by atoms with Crippen molar-refractivity contribution in [1.82, 2.24) is 4.98 Å². The van der Waals surface area contributed by atoms with Crippen molar-refractivity contribution < 1.29 is 19.1 Å². The third kappa shape index (κ3) is 4.42. The number of ether oxygens (including phenoxy) is 2. The normalized spacial score (nSPS) is 14.6. The molecule has 1 aliphatic carbocycles. The van der Waals surface area contributed by atoms with Crippen LogP contribution in [0.2, 0.25) is 5.02 Å². The fourth-order valence-corrected chi connectivity index (χ4v) is 4.81. The Bertz CT molecular complexity index is 1170. The number of hydrogen-bond acceptors (Lipinski definition) is 6. The number of benzene rings is 2. The molecule has 0 saturated heterocycles. The molecule has 2 amide bonds. The molecular formula is C23H22ClN3O4S. The molecule has 0 fully saturated rings. The molecule has 166 valence electrons. The van der Waals surface area contributed by atoms with Crippen LogP contribution in [0.15, 0.2) is 36.4 Å². The van der Waals surface area contributed by atoms with Gasteiger partial charge in [0.25, 0.3) is 5.91 Å². The molecule has 0 aliphatic heterocycles. The minimum absolute atomic E-state index is 0.130. The summed E-state index contributed by atoms with van der Waals surface area (Å²) in [6, 6.07) is 10.4. The number of aryl methyl sites for hydroxylation is 1. The second-order valence-electron chi connectivity index (χ2n) is 7.38. The van der Waals surface area contributed by atoms with Crippen molar-refractivity contribution in [3.05, 3.63) is 63.1 Å². The topological polar surface area (TPSA) is 89.6 Å². The molecule has 0 spiro atoms. The Labute approximate surface area is 194 Å². The Hall–Kier alpha value is -3.10. The van der Waals surface area contributed by atoms with Crippen molar-refractivity contribution >= 4 is 45.6 Å². The minimum atomic E-state index is -0.373. The predicted octanol–water partition coefficient (Wildman–Crippen LogP) is 5.04. The van der Waals surface area contributed by atoms with Gasteiger partial charge in [-0.2, -0.15) is 0 Å². The molecule has 0 saturated carbocycles. The Morgan fingerprint density at radius 3 is 2.53 bits per heavy atom. The summed E-state index contributed by atoms with van der Waals surface area (Å²) in [4.78, 5) is 31.3. The van der Waals surface area contributed by atoms with E-state index in [1.54, 1.807) is 30.3 Å².